The first-order valence-corrected chi connectivity index (χ1v) is 13.9. The Bertz CT molecular complexity index is 1700. The standard InChI is InChI=1S/C29H28BrN7O3/c1-15-5-6-24(30)34-26(15)35-28(40)22-8-29(4)9-23(29)37(22)25(39)14-36-13-21(16(2)38)20-7-18(10-33-27(20)36)19-11-31-17(3)32-12-19/h5-7,10-13,22-23H,8-9,14H2,1-4H3,(H,34,35,40)/t22-,23?,29-/m0/s1. The minimum absolute atomic E-state index is 0.00233. The lowest BCUT2D eigenvalue weighted by Gasteiger charge is -2.27. The minimum Gasteiger partial charge on any atom is -0.326 e. The number of halogens is 1. The van der Waals surface area contributed by atoms with E-state index in [1.807, 2.05) is 32.0 Å². The molecule has 0 aromatic carbocycles. The highest BCUT2D eigenvalue weighted by atomic mass is 79.9. The summed E-state index contributed by atoms with van der Waals surface area (Å²) in [5, 5.41) is 3.58. The number of hydrogen-bond donors (Lipinski definition) is 1. The number of carbonyl (C=O) groups is 3. The molecule has 11 heteroatoms. The Morgan fingerprint density at radius 1 is 1.07 bits per heavy atom. The Balaban J connectivity index is 1.29. The fourth-order valence-electron chi connectivity index (χ4n) is 5.69. The summed E-state index contributed by atoms with van der Waals surface area (Å²) >= 11 is 3.35. The molecule has 1 saturated heterocycles. The molecule has 1 unspecified atom stereocenters. The van der Waals surface area contributed by atoms with E-state index in [0.717, 1.165) is 23.1 Å². The molecule has 4 aromatic heterocycles. The van der Waals surface area contributed by atoms with Crippen LogP contribution in [0.5, 0.6) is 0 Å². The first-order valence-electron chi connectivity index (χ1n) is 13.1. The van der Waals surface area contributed by atoms with Gasteiger partial charge in [-0.15, -0.1) is 0 Å². The molecule has 3 atom stereocenters. The monoisotopic (exact) mass is 601 g/mol. The number of rotatable bonds is 6. The maximum absolute atomic E-state index is 13.8. The number of nitrogens with one attached hydrogen (secondary N) is 1. The van der Waals surface area contributed by atoms with E-state index in [-0.39, 0.29) is 35.6 Å². The molecule has 0 spiro atoms. The quantitative estimate of drug-likeness (QED) is 0.255. The second-order valence-electron chi connectivity index (χ2n) is 11.0. The van der Waals surface area contributed by atoms with Crippen molar-refractivity contribution in [1.82, 2.24) is 29.4 Å². The van der Waals surface area contributed by atoms with Crippen LogP contribution < -0.4 is 5.32 Å². The van der Waals surface area contributed by atoms with E-state index in [2.05, 4.69) is 48.1 Å². The Labute approximate surface area is 239 Å². The molecule has 2 fully saturated rings. The van der Waals surface area contributed by atoms with Gasteiger partial charge in [0.2, 0.25) is 11.8 Å². The molecule has 4 aromatic rings. The summed E-state index contributed by atoms with van der Waals surface area (Å²) in [4.78, 5) is 59.0. The first-order chi connectivity index (χ1) is 19.0. The van der Waals surface area contributed by atoms with Gasteiger partial charge in [-0.3, -0.25) is 14.4 Å². The van der Waals surface area contributed by atoms with E-state index in [0.29, 0.717) is 39.3 Å². The maximum atomic E-state index is 13.8. The lowest BCUT2D eigenvalue weighted by atomic mass is 10.0. The second kappa shape index (κ2) is 9.58. The molecule has 0 radical (unpaired) electrons. The highest BCUT2D eigenvalue weighted by Crippen LogP contribution is 2.59. The summed E-state index contributed by atoms with van der Waals surface area (Å²) in [6.07, 6.45) is 8.26. The molecular formula is C29H28BrN7O3. The zero-order chi connectivity index (χ0) is 28.3. The van der Waals surface area contributed by atoms with Crippen molar-refractivity contribution in [3.63, 3.8) is 0 Å². The summed E-state index contributed by atoms with van der Waals surface area (Å²) in [5.41, 5.74) is 3.33. The van der Waals surface area contributed by atoms with E-state index >= 15 is 0 Å². The molecule has 10 nitrogen and oxygen atoms in total. The number of aryl methyl sites for hydroxylation is 2. The van der Waals surface area contributed by atoms with Gasteiger partial charge in [0.05, 0.1) is 0 Å². The number of piperidine rings is 1. The van der Waals surface area contributed by atoms with Crippen LogP contribution in [0.4, 0.5) is 5.82 Å². The first kappa shape index (κ1) is 26.2. The van der Waals surface area contributed by atoms with Gasteiger partial charge >= 0.3 is 0 Å². The number of aromatic nitrogens is 5. The van der Waals surface area contributed by atoms with Gasteiger partial charge in [-0.2, -0.15) is 0 Å². The summed E-state index contributed by atoms with van der Waals surface area (Å²) in [5.74, 6) is 0.574. The van der Waals surface area contributed by atoms with Crippen LogP contribution in [-0.4, -0.2) is 59.1 Å². The summed E-state index contributed by atoms with van der Waals surface area (Å²) in [7, 11) is 0. The third-order valence-corrected chi connectivity index (χ3v) is 8.49. The van der Waals surface area contributed by atoms with E-state index in [4.69, 9.17) is 0 Å². The molecule has 1 saturated carbocycles. The highest BCUT2D eigenvalue weighted by Gasteiger charge is 2.64. The number of fused-ring (bicyclic) bond motifs is 2. The van der Waals surface area contributed by atoms with Gasteiger partial charge in [-0.1, -0.05) is 13.0 Å². The number of likely N-dealkylation sites (tertiary alicyclic amines) is 1. The Morgan fingerprint density at radius 3 is 2.52 bits per heavy atom. The predicted molar refractivity (Wildman–Crippen MR) is 153 cm³/mol. The Hall–Kier alpha value is -3.99. The molecule has 0 bridgehead atoms. The number of ketones is 1. The third-order valence-electron chi connectivity index (χ3n) is 8.04. The summed E-state index contributed by atoms with van der Waals surface area (Å²) in [6.45, 7) is 7.27. The highest BCUT2D eigenvalue weighted by molar-refractivity contribution is 9.10. The van der Waals surface area contributed by atoms with Crippen LogP contribution in [0.1, 0.15) is 48.4 Å². The van der Waals surface area contributed by atoms with Crippen LogP contribution in [0.25, 0.3) is 22.2 Å². The van der Waals surface area contributed by atoms with Crippen LogP contribution in [0, 0.1) is 19.3 Å². The molecule has 1 aliphatic carbocycles. The summed E-state index contributed by atoms with van der Waals surface area (Å²) < 4.78 is 2.32. The van der Waals surface area contributed by atoms with Crippen molar-refractivity contribution < 1.29 is 14.4 Å². The van der Waals surface area contributed by atoms with Crippen molar-refractivity contribution in [3.8, 4) is 11.1 Å². The molecule has 5 heterocycles. The van der Waals surface area contributed by atoms with E-state index in [1.165, 1.54) is 6.92 Å². The molecule has 204 valence electrons. The Morgan fingerprint density at radius 2 is 1.80 bits per heavy atom. The summed E-state index contributed by atoms with van der Waals surface area (Å²) in [6, 6.07) is 4.96. The smallest absolute Gasteiger partial charge is 0.248 e. The molecule has 2 aliphatic rings. The number of nitrogens with zero attached hydrogens (tertiary/aromatic N) is 6. The number of carbonyl (C=O) groups excluding carboxylic acids is 3. The SMILES string of the molecule is CC(=O)c1cn(CC(=O)N2C3C[C@]3(C)C[C@H]2C(=O)Nc2nc(Br)ccc2C)c2ncc(-c3cnc(C)nc3)cc12. The molecule has 1 aliphatic heterocycles. The molecule has 6 rings (SSSR count). The molecule has 40 heavy (non-hydrogen) atoms. The lowest BCUT2D eigenvalue weighted by molar-refractivity contribution is -0.138. The van der Waals surface area contributed by atoms with Crippen molar-refractivity contribution in [2.75, 3.05) is 5.32 Å². The van der Waals surface area contributed by atoms with Gasteiger partial charge in [0.15, 0.2) is 5.78 Å². The topological polar surface area (TPSA) is 123 Å². The van der Waals surface area contributed by atoms with E-state index in [1.54, 1.807) is 34.3 Å². The van der Waals surface area contributed by atoms with E-state index < -0.39 is 6.04 Å². The van der Waals surface area contributed by atoms with Gasteiger partial charge in [0.1, 0.15) is 34.5 Å². The molecule has 1 N–H and O–H groups in total. The van der Waals surface area contributed by atoms with Crippen LogP contribution in [-0.2, 0) is 16.1 Å². The van der Waals surface area contributed by atoms with Gasteiger partial charge < -0.3 is 14.8 Å². The third kappa shape index (κ3) is 4.57. The van der Waals surface area contributed by atoms with Gasteiger partial charge in [0, 0.05) is 52.9 Å². The lowest BCUT2D eigenvalue weighted by Crippen LogP contribution is -2.46. The maximum Gasteiger partial charge on any atom is 0.248 e. The average molecular weight is 602 g/mol. The number of pyridine rings is 2. The van der Waals surface area contributed by atoms with Crippen LogP contribution >= 0.6 is 15.9 Å². The second-order valence-corrected chi connectivity index (χ2v) is 11.8. The number of amides is 2. The molecular weight excluding hydrogens is 574 g/mol. The largest absolute Gasteiger partial charge is 0.326 e. The van der Waals surface area contributed by atoms with Crippen molar-refractivity contribution >= 4 is 50.4 Å². The fraction of sp³-hybridized carbons (Fsp3) is 0.345. The Kier molecular flexibility index (Phi) is 6.29. The zero-order valence-electron chi connectivity index (χ0n) is 22.6. The van der Waals surface area contributed by atoms with Crippen molar-refractivity contribution in [1.29, 1.82) is 0 Å². The van der Waals surface area contributed by atoms with Gasteiger partial charge in [0.25, 0.3) is 0 Å². The van der Waals surface area contributed by atoms with Crippen LogP contribution in [0.3, 0.4) is 0 Å². The fourth-order valence-corrected chi connectivity index (χ4v) is 6.00. The van der Waals surface area contributed by atoms with Crippen molar-refractivity contribution in [2.24, 2.45) is 5.41 Å². The van der Waals surface area contributed by atoms with Gasteiger partial charge in [-0.05, 0) is 72.7 Å². The molecule has 2 amide bonds. The van der Waals surface area contributed by atoms with Gasteiger partial charge in [-0.25, -0.2) is 19.9 Å². The van der Waals surface area contributed by atoms with Crippen LogP contribution in [0.15, 0.2) is 47.6 Å². The predicted octanol–water partition coefficient (Wildman–Crippen LogP) is 4.49. The normalized spacial score (nSPS) is 21.4. The zero-order valence-corrected chi connectivity index (χ0v) is 24.2. The van der Waals surface area contributed by atoms with Crippen LogP contribution in [0.2, 0.25) is 0 Å². The van der Waals surface area contributed by atoms with Crippen molar-refractivity contribution in [2.45, 2.75) is 59.2 Å². The minimum atomic E-state index is -0.605. The van der Waals surface area contributed by atoms with E-state index in [9.17, 15) is 14.4 Å². The number of hydrogen-bond acceptors (Lipinski definition) is 7. The number of Topliss-reactive ketones (excluding diaryl/α,β-unsaturated/α-hetero) is 1. The number of anilines is 1. The average Bonchev–Trinajstić information content (AvgIpc) is 3.28. The van der Waals surface area contributed by atoms with Crippen molar-refractivity contribution in [3.05, 3.63) is 64.5 Å².